The first-order chi connectivity index (χ1) is 8.65. The van der Waals surface area contributed by atoms with E-state index in [1.807, 2.05) is 13.1 Å². The van der Waals surface area contributed by atoms with Crippen LogP contribution in [0.1, 0.15) is 26.1 Å². The highest BCUT2D eigenvalue weighted by atomic mass is 16.5. The lowest BCUT2D eigenvalue weighted by Gasteiger charge is -2.28. The van der Waals surface area contributed by atoms with Crippen LogP contribution in [-0.4, -0.2) is 42.8 Å². The van der Waals surface area contributed by atoms with E-state index in [1.165, 1.54) is 0 Å². The first kappa shape index (κ1) is 13.1. The van der Waals surface area contributed by atoms with Gasteiger partial charge < -0.3 is 15.0 Å². The van der Waals surface area contributed by atoms with E-state index in [2.05, 4.69) is 41.1 Å². The van der Waals surface area contributed by atoms with Crippen LogP contribution < -0.4 is 10.2 Å². The van der Waals surface area contributed by atoms with Crippen LogP contribution in [0.15, 0.2) is 6.07 Å². The van der Waals surface area contributed by atoms with Crippen LogP contribution in [0.2, 0.25) is 0 Å². The fourth-order valence-electron chi connectivity index (χ4n) is 2.35. The Morgan fingerprint density at radius 3 is 2.83 bits per heavy atom. The van der Waals surface area contributed by atoms with Crippen molar-refractivity contribution in [1.29, 1.82) is 0 Å². The highest BCUT2D eigenvalue weighted by molar-refractivity contribution is 5.49. The summed E-state index contributed by atoms with van der Waals surface area (Å²) in [4.78, 5) is 11.2. The number of hydrogen-bond donors (Lipinski definition) is 1. The zero-order chi connectivity index (χ0) is 13.1. The summed E-state index contributed by atoms with van der Waals surface area (Å²) >= 11 is 0. The van der Waals surface area contributed by atoms with Gasteiger partial charge in [0.05, 0.1) is 12.1 Å². The van der Waals surface area contributed by atoms with Gasteiger partial charge in [-0.15, -0.1) is 0 Å². The number of aromatic nitrogens is 2. The van der Waals surface area contributed by atoms with Gasteiger partial charge in [0.25, 0.3) is 0 Å². The van der Waals surface area contributed by atoms with Crippen molar-refractivity contribution in [2.45, 2.75) is 38.8 Å². The van der Waals surface area contributed by atoms with Crippen molar-refractivity contribution in [2.75, 3.05) is 30.9 Å². The second kappa shape index (κ2) is 5.52. The highest BCUT2D eigenvalue weighted by Crippen LogP contribution is 2.24. The fraction of sp³-hybridized carbons (Fsp3) is 0.692. The molecule has 1 aromatic heterocycles. The summed E-state index contributed by atoms with van der Waals surface area (Å²) < 4.78 is 5.62. The van der Waals surface area contributed by atoms with Gasteiger partial charge in [-0.3, -0.25) is 0 Å². The Morgan fingerprint density at radius 2 is 2.28 bits per heavy atom. The smallest absolute Gasteiger partial charge is 0.134 e. The molecule has 0 bridgehead atoms. The molecule has 1 saturated heterocycles. The molecular formula is C13H22N4O. The number of nitrogens with one attached hydrogen (secondary N) is 1. The summed E-state index contributed by atoms with van der Waals surface area (Å²) in [6, 6.07) is 2.39. The number of hydrogen-bond acceptors (Lipinski definition) is 5. The number of ether oxygens (including phenoxy) is 1. The minimum Gasteiger partial charge on any atom is -0.376 e. The Balaban J connectivity index is 2.25. The Labute approximate surface area is 109 Å². The molecule has 1 aromatic rings. The predicted octanol–water partition coefficient (Wildman–Crippen LogP) is 1.69. The molecule has 0 aliphatic carbocycles. The number of anilines is 2. The van der Waals surface area contributed by atoms with Gasteiger partial charge in [-0.05, 0) is 13.3 Å². The maximum Gasteiger partial charge on any atom is 0.134 e. The Kier molecular flexibility index (Phi) is 4.01. The van der Waals surface area contributed by atoms with Crippen molar-refractivity contribution in [3.05, 3.63) is 11.9 Å². The van der Waals surface area contributed by atoms with Gasteiger partial charge in [-0.25, -0.2) is 9.97 Å². The van der Waals surface area contributed by atoms with Crippen LogP contribution in [0, 0.1) is 0 Å². The zero-order valence-electron chi connectivity index (χ0n) is 11.6. The summed E-state index contributed by atoms with van der Waals surface area (Å²) in [6.45, 7) is 5.02. The van der Waals surface area contributed by atoms with Gasteiger partial charge in [-0.2, -0.15) is 0 Å². The fourth-order valence-corrected chi connectivity index (χ4v) is 2.35. The molecule has 2 rings (SSSR count). The van der Waals surface area contributed by atoms with E-state index >= 15 is 0 Å². The Bertz CT molecular complexity index is 388. The van der Waals surface area contributed by atoms with E-state index in [4.69, 9.17) is 4.74 Å². The molecule has 0 amide bonds. The molecule has 5 heteroatoms. The van der Waals surface area contributed by atoms with Crippen molar-refractivity contribution >= 4 is 11.6 Å². The molecular weight excluding hydrogens is 228 g/mol. The number of nitrogens with zero attached hydrogens (tertiary/aromatic N) is 3. The monoisotopic (exact) mass is 250 g/mol. The third-order valence-corrected chi connectivity index (χ3v) is 3.53. The first-order valence-electron chi connectivity index (χ1n) is 6.55. The summed E-state index contributed by atoms with van der Waals surface area (Å²) in [5.41, 5.74) is 0. The van der Waals surface area contributed by atoms with Gasteiger partial charge in [0, 0.05) is 33.2 Å². The van der Waals surface area contributed by atoms with E-state index < -0.39 is 0 Å². The van der Waals surface area contributed by atoms with Gasteiger partial charge in [0.2, 0.25) is 0 Å². The molecule has 2 unspecified atom stereocenters. The van der Waals surface area contributed by atoms with E-state index in [0.29, 0.717) is 6.04 Å². The van der Waals surface area contributed by atoms with E-state index in [9.17, 15) is 0 Å². The van der Waals surface area contributed by atoms with Crippen LogP contribution >= 0.6 is 0 Å². The Morgan fingerprint density at radius 1 is 1.50 bits per heavy atom. The van der Waals surface area contributed by atoms with Crippen molar-refractivity contribution < 1.29 is 4.74 Å². The maximum absolute atomic E-state index is 5.62. The van der Waals surface area contributed by atoms with Gasteiger partial charge in [0.15, 0.2) is 0 Å². The van der Waals surface area contributed by atoms with Crippen LogP contribution in [0.3, 0.4) is 0 Å². The molecule has 1 N–H and O–H groups in total. The van der Waals surface area contributed by atoms with E-state index in [-0.39, 0.29) is 6.10 Å². The molecule has 0 spiro atoms. The molecule has 2 atom stereocenters. The third kappa shape index (κ3) is 2.56. The lowest BCUT2D eigenvalue weighted by atomic mass is 10.1. The summed E-state index contributed by atoms with van der Waals surface area (Å²) in [6.07, 6.45) is 2.15. The van der Waals surface area contributed by atoms with Crippen molar-refractivity contribution in [1.82, 2.24) is 9.97 Å². The lowest BCUT2D eigenvalue weighted by molar-refractivity contribution is 0.118. The molecule has 1 aliphatic heterocycles. The number of aryl methyl sites for hydroxylation is 1. The zero-order valence-corrected chi connectivity index (χ0v) is 11.6. The van der Waals surface area contributed by atoms with Crippen molar-refractivity contribution in [3.63, 3.8) is 0 Å². The SMILES string of the molecule is CCc1nc(NC)cc(N(C)C2CCOC2C)n1. The Hall–Kier alpha value is -1.36. The minimum absolute atomic E-state index is 0.257. The van der Waals surface area contributed by atoms with Gasteiger partial charge in [-0.1, -0.05) is 6.92 Å². The van der Waals surface area contributed by atoms with Crippen molar-refractivity contribution in [3.8, 4) is 0 Å². The normalized spacial score (nSPS) is 23.1. The molecule has 1 aliphatic rings. The second-order valence-corrected chi connectivity index (χ2v) is 4.67. The van der Waals surface area contributed by atoms with E-state index in [1.54, 1.807) is 0 Å². The molecule has 100 valence electrons. The number of likely N-dealkylation sites (N-methyl/N-ethyl adjacent to an activating group) is 1. The largest absolute Gasteiger partial charge is 0.376 e. The van der Waals surface area contributed by atoms with Crippen LogP contribution in [-0.2, 0) is 11.2 Å². The average Bonchev–Trinajstić information content (AvgIpc) is 2.83. The topological polar surface area (TPSA) is 50.3 Å². The molecule has 5 nitrogen and oxygen atoms in total. The number of rotatable bonds is 4. The average molecular weight is 250 g/mol. The highest BCUT2D eigenvalue weighted by Gasteiger charge is 2.29. The molecule has 2 heterocycles. The standard InChI is InChI=1S/C13H22N4O/c1-5-11-15-12(14-3)8-13(16-11)17(4)10-6-7-18-9(10)2/h8-10H,5-7H2,1-4H3,(H,14,15,16). The molecule has 1 fully saturated rings. The van der Waals surface area contributed by atoms with Crippen LogP contribution in [0.25, 0.3) is 0 Å². The van der Waals surface area contributed by atoms with Crippen LogP contribution in [0.4, 0.5) is 11.6 Å². The molecule has 0 saturated carbocycles. The lowest BCUT2D eigenvalue weighted by Crippen LogP contribution is -2.37. The summed E-state index contributed by atoms with van der Waals surface area (Å²) in [5.74, 6) is 2.71. The third-order valence-electron chi connectivity index (χ3n) is 3.53. The van der Waals surface area contributed by atoms with E-state index in [0.717, 1.165) is 36.9 Å². The van der Waals surface area contributed by atoms with Crippen molar-refractivity contribution in [2.24, 2.45) is 0 Å². The summed E-state index contributed by atoms with van der Waals surface area (Å²) in [7, 11) is 3.96. The van der Waals surface area contributed by atoms with Crippen LogP contribution in [0.5, 0.6) is 0 Å². The quantitative estimate of drug-likeness (QED) is 0.881. The molecule has 0 aromatic carbocycles. The predicted molar refractivity (Wildman–Crippen MR) is 73.2 cm³/mol. The first-order valence-corrected chi connectivity index (χ1v) is 6.55. The second-order valence-electron chi connectivity index (χ2n) is 4.67. The van der Waals surface area contributed by atoms with Gasteiger partial charge >= 0.3 is 0 Å². The minimum atomic E-state index is 0.257. The maximum atomic E-state index is 5.62. The molecule has 18 heavy (non-hydrogen) atoms. The summed E-state index contributed by atoms with van der Waals surface area (Å²) in [5, 5.41) is 3.09. The molecule has 0 radical (unpaired) electrons. The van der Waals surface area contributed by atoms with Gasteiger partial charge in [0.1, 0.15) is 17.5 Å².